The highest BCUT2D eigenvalue weighted by atomic mass is 31.2. The summed E-state index contributed by atoms with van der Waals surface area (Å²) >= 11 is 0. The summed E-state index contributed by atoms with van der Waals surface area (Å²) in [5.41, 5.74) is 0. The second-order valence-electron chi connectivity index (χ2n) is 13.4. The summed E-state index contributed by atoms with van der Waals surface area (Å²) in [6.45, 7) is 4.01. The highest BCUT2D eigenvalue weighted by Gasteiger charge is 2.26. The van der Waals surface area contributed by atoms with E-state index in [1.165, 1.54) is 44.9 Å². The molecule has 0 aromatic heterocycles. The fraction of sp³-hybridized carbons (Fsp3) is 0.682. The second-order valence-corrected chi connectivity index (χ2v) is 14.9. The van der Waals surface area contributed by atoms with Crippen LogP contribution in [0.25, 0.3) is 0 Å². The maximum absolute atomic E-state index is 12.6. The topological polar surface area (TPSA) is 120 Å². The van der Waals surface area contributed by atoms with Crippen molar-refractivity contribution in [3.05, 3.63) is 72.9 Å². The highest BCUT2D eigenvalue weighted by Crippen LogP contribution is 2.43. The predicted octanol–water partition coefficient (Wildman–Crippen LogP) is 11.8. The number of nitrogens with one attached hydrogen (secondary N) is 1. The third kappa shape index (κ3) is 39.2. The van der Waals surface area contributed by atoms with Gasteiger partial charge in [-0.15, -0.1) is 0 Å². The number of ether oxygens (including phenoxy) is 2. The molecular formula is C44H76NO8P. The average molecular weight is 778 g/mol. The van der Waals surface area contributed by atoms with Crippen LogP contribution in [0.4, 0.5) is 0 Å². The van der Waals surface area contributed by atoms with E-state index in [-0.39, 0.29) is 26.1 Å². The summed E-state index contributed by atoms with van der Waals surface area (Å²) < 4.78 is 33.1. The molecule has 0 aromatic rings. The Morgan fingerprint density at radius 3 is 1.65 bits per heavy atom. The first-order chi connectivity index (χ1) is 26.3. The van der Waals surface area contributed by atoms with Gasteiger partial charge in [0.2, 0.25) is 0 Å². The SMILES string of the molecule is CC/C=C\C/C=C\C/C=C\C/C=C\C/C=C\CCCC(=O)OC(COC(=O)CCCCCCC/C=C\CCCCCCCC)COP(=O)(O)OCCNC. The molecule has 310 valence electrons. The fourth-order valence-corrected chi connectivity index (χ4v) is 5.92. The molecule has 0 rings (SSSR count). The van der Waals surface area contributed by atoms with Crippen LogP contribution in [0.3, 0.4) is 0 Å². The summed E-state index contributed by atoms with van der Waals surface area (Å²) in [5.74, 6) is -0.891. The van der Waals surface area contributed by atoms with Gasteiger partial charge in [-0.25, -0.2) is 4.57 Å². The van der Waals surface area contributed by atoms with Crippen LogP contribution in [0, 0.1) is 0 Å². The molecule has 0 aliphatic heterocycles. The van der Waals surface area contributed by atoms with Crippen molar-refractivity contribution in [3.63, 3.8) is 0 Å². The van der Waals surface area contributed by atoms with Gasteiger partial charge >= 0.3 is 19.8 Å². The molecule has 0 fully saturated rings. The molecule has 0 saturated carbocycles. The number of unbranched alkanes of at least 4 members (excludes halogenated alkanes) is 12. The first-order valence-corrected chi connectivity index (χ1v) is 22.4. The number of hydrogen-bond acceptors (Lipinski definition) is 8. The lowest BCUT2D eigenvalue weighted by Gasteiger charge is -2.20. The van der Waals surface area contributed by atoms with Crippen molar-refractivity contribution < 1.29 is 37.6 Å². The number of phosphoric acid groups is 1. The van der Waals surface area contributed by atoms with Crippen LogP contribution in [-0.4, -0.2) is 56.3 Å². The lowest BCUT2D eigenvalue weighted by molar-refractivity contribution is -0.161. The number of carbonyl (C=O) groups is 2. The Morgan fingerprint density at radius 2 is 1.07 bits per heavy atom. The fourth-order valence-electron chi connectivity index (χ4n) is 5.17. The van der Waals surface area contributed by atoms with E-state index in [0.717, 1.165) is 64.2 Å². The van der Waals surface area contributed by atoms with Crippen molar-refractivity contribution in [2.45, 2.75) is 161 Å². The van der Waals surface area contributed by atoms with E-state index in [0.29, 0.717) is 25.8 Å². The molecule has 2 unspecified atom stereocenters. The summed E-state index contributed by atoms with van der Waals surface area (Å²) in [6.07, 6.45) is 46.7. The number of likely N-dealkylation sites (N-methyl/N-ethyl adjacent to an activating group) is 1. The number of phosphoric ester groups is 1. The standard InChI is InChI=1S/C44H76NO8P/c1-4-6-8-10-12-14-16-18-20-21-23-25-27-29-31-33-35-37-44(47)53-42(41-52-54(48,49)51-39-38-45-3)40-50-43(46)36-34-32-30-28-26-24-22-19-17-15-13-11-9-7-5-2/h6,8,12,14,18-20,22-23,25,29,31,42,45H,4-5,7,9-11,13,15-17,21,24,26-28,30,32-41H2,1-3H3,(H,48,49)/b8-6-,14-12-,20-18-,22-19-,25-23-,31-29-. The maximum atomic E-state index is 12.6. The van der Waals surface area contributed by atoms with Crippen molar-refractivity contribution in [3.8, 4) is 0 Å². The molecule has 9 nitrogen and oxygen atoms in total. The van der Waals surface area contributed by atoms with E-state index in [1.54, 1.807) is 7.05 Å². The van der Waals surface area contributed by atoms with Crippen molar-refractivity contribution in [2.24, 2.45) is 0 Å². The molecule has 0 amide bonds. The van der Waals surface area contributed by atoms with Crippen molar-refractivity contribution in [1.82, 2.24) is 5.32 Å². The van der Waals surface area contributed by atoms with Crippen LogP contribution in [-0.2, 0) is 32.7 Å². The molecule has 54 heavy (non-hydrogen) atoms. The smallest absolute Gasteiger partial charge is 0.462 e. The van der Waals surface area contributed by atoms with Gasteiger partial charge in [-0.2, -0.15) is 0 Å². The van der Waals surface area contributed by atoms with Gasteiger partial charge in [-0.05, 0) is 84.1 Å². The van der Waals surface area contributed by atoms with E-state index in [4.69, 9.17) is 18.5 Å². The van der Waals surface area contributed by atoms with Gasteiger partial charge in [0.1, 0.15) is 6.61 Å². The number of allylic oxidation sites excluding steroid dienone is 12. The molecule has 0 heterocycles. The minimum atomic E-state index is -4.37. The monoisotopic (exact) mass is 778 g/mol. The van der Waals surface area contributed by atoms with Crippen molar-refractivity contribution >= 4 is 19.8 Å². The van der Waals surface area contributed by atoms with E-state index in [9.17, 15) is 19.0 Å². The Bertz CT molecular complexity index is 1110. The zero-order chi connectivity index (χ0) is 39.6. The van der Waals surface area contributed by atoms with Crippen LogP contribution in [0.5, 0.6) is 0 Å². The Kier molecular flexibility index (Phi) is 38.2. The molecule has 10 heteroatoms. The molecule has 0 radical (unpaired) electrons. The minimum absolute atomic E-state index is 0.0323. The lowest BCUT2D eigenvalue weighted by atomic mass is 10.1. The van der Waals surface area contributed by atoms with E-state index < -0.39 is 32.5 Å². The van der Waals surface area contributed by atoms with Crippen LogP contribution < -0.4 is 5.32 Å². The molecule has 0 bridgehead atoms. The first-order valence-electron chi connectivity index (χ1n) is 20.9. The van der Waals surface area contributed by atoms with E-state index >= 15 is 0 Å². The van der Waals surface area contributed by atoms with Crippen molar-refractivity contribution in [2.75, 3.05) is 33.4 Å². The van der Waals surface area contributed by atoms with Gasteiger partial charge in [-0.3, -0.25) is 18.6 Å². The number of carbonyl (C=O) groups excluding carboxylic acids is 2. The lowest BCUT2D eigenvalue weighted by Crippen LogP contribution is -2.29. The summed E-state index contributed by atoms with van der Waals surface area (Å²) in [5, 5.41) is 2.81. The molecule has 2 N–H and O–H groups in total. The van der Waals surface area contributed by atoms with Crippen molar-refractivity contribution in [1.29, 1.82) is 0 Å². The maximum Gasteiger partial charge on any atom is 0.472 e. The summed E-state index contributed by atoms with van der Waals surface area (Å²) in [6, 6.07) is 0. The quantitative estimate of drug-likeness (QED) is 0.0273. The average Bonchev–Trinajstić information content (AvgIpc) is 3.15. The van der Waals surface area contributed by atoms with Gasteiger partial charge in [0.15, 0.2) is 6.10 Å². The molecule has 0 spiro atoms. The summed E-state index contributed by atoms with van der Waals surface area (Å²) in [7, 11) is -2.68. The van der Waals surface area contributed by atoms with Gasteiger partial charge in [0, 0.05) is 19.4 Å². The first kappa shape index (κ1) is 51.5. The van der Waals surface area contributed by atoms with E-state index in [2.05, 4.69) is 86.0 Å². The third-order valence-electron chi connectivity index (χ3n) is 8.31. The van der Waals surface area contributed by atoms with Crippen LogP contribution in [0.1, 0.15) is 155 Å². The molecule has 0 aromatic carbocycles. The normalized spacial score (nSPS) is 14.1. The summed E-state index contributed by atoms with van der Waals surface area (Å²) in [4.78, 5) is 35.0. The zero-order valence-electron chi connectivity index (χ0n) is 34.1. The Morgan fingerprint density at radius 1 is 0.593 bits per heavy atom. The Hall–Kier alpha value is -2.55. The van der Waals surface area contributed by atoms with Gasteiger partial charge in [0.05, 0.1) is 13.2 Å². The number of esters is 2. The highest BCUT2D eigenvalue weighted by molar-refractivity contribution is 7.47. The van der Waals surface area contributed by atoms with Gasteiger partial charge in [0.25, 0.3) is 0 Å². The predicted molar refractivity (Wildman–Crippen MR) is 224 cm³/mol. The van der Waals surface area contributed by atoms with Crippen LogP contribution in [0.15, 0.2) is 72.9 Å². The Balaban J connectivity index is 4.38. The van der Waals surface area contributed by atoms with Crippen LogP contribution >= 0.6 is 7.82 Å². The van der Waals surface area contributed by atoms with Gasteiger partial charge < -0.3 is 19.7 Å². The molecule has 2 atom stereocenters. The Labute approximate surface area is 329 Å². The number of rotatable bonds is 38. The second kappa shape index (κ2) is 40.1. The van der Waals surface area contributed by atoms with E-state index in [1.807, 2.05) is 6.08 Å². The molecule has 0 saturated heterocycles. The third-order valence-corrected chi connectivity index (χ3v) is 9.29. The zero-order valence-corrected chi connectivity index (χ0v) is 35.0. The van der Waals surface area contributed by atoms with Gasteiger partial charge in [-0.1, -0.05) is 138 Å². The van der Waals surface area contributed by atoms with Crippen LogP contribution in [0.2, 0.25) is 0 Å². The number of hydrogen-bond donors (Lipinski definition) is 2. The minimum Gasteiger partial charge on any atom is -0.462 e. The molecule has 0 aliphatic rings. The largest absolute Gasteiger partial charge is 0.472 e. The molecule has 0 aliphatic carbocycles. The molecular weight excluding hydrogens is 701 g/mol.